The lowest BCUT2D eigenvalue weighted by Crippen LogP contribution is -2.61. The van der Waals surface area contributed by atoms with E-state index in [2.05, 4.69) is 41.2 Å². The molecular formula is C21H30N4O2. The molecule has 2 aromatic rings. The van der Waals surface area contributed by atoms with Crippen LogP contribution in [-0.2, 0) is 16.0 Å². The Morgan fingerprint density at radius 3 is 2.78 bits per heavy atom. The molecule has 1 fully saturated rings. The Morgan fingerprint density at radius 1 is 1.26 bits per heavy atom. The van der Waals surface area contributed by atoms with Gasteiger partial charge in [0.1, 0.15) is 6.04 Å². The van der Waals surface area contributed by atoms with Gasteiger partial charge in [-0.2, -0.15) is 0 Å². The number of rotatable bonds is 6. The number of para-hydroxylation sites is 1. The molecule has 146 valence electrons. The minimum Gasteiger partial charge on any atom is -0.361 e. The summed E-state index contributed by atoms with van der Waals surface area (Å²) in [5.41, 5.74) is 2.39. The van der Waals surface area contributed by atoms with E-state index in [-0.39, 0.29) is 23.9 Å². The zero-order valence-corrected chi connectivity index (χ0v) is 16.5. The molecule has 2 heterocycles. The van der Waals surface area contributed by atoms with E-state index in [1.165, 1.54) is 10.9 Å². The zero-order chi connectivity index (χ0) is 19.4. The number of amides is 2. The van der Waals surface area contributed by atoms with Crippen LogP contribution < -0.4 is 5.32 Å². The van der Waals surface area contributed by atoms with Crippen molar-refractivity contribution < 1.29 is 9.59 Å². The van der Waals surface area contributed by atoms with Crippen LogP contribution in [0.2, 0.25) is 0 Å². The monoisotopic (exact) mass is 370 g/mol. The summed E-state index contributed by atoms with van der Waals surface area (Å²) < 4.78 is 0. The third-order valence-electron chi connectivity index (χ3n) is 5.50. The molecule has 6 nitrogen and oxygen atoms in total. The summed E-state index contributed by atoms with van der Waals surface area (Å²) in [6.45, 7) is 6.09. The largest absolute Gasteiger partial charge is 0.361 e. The highest BCUT2D eigenvalue weighted by atomic mass is 16.2. The molecule has 2 N–H and O–H groups in total. The number of carbonyl (C=O) groups excluding carboxylic acids is 2. The van der Waals surface area contributed by atoms with E-state index >= 15 is 0 Å². The maximum absolute atomic E-state index is 12.7. The van der Waals surface area contributed by atoms with Gasteiger partial charge >= 0.3 is 0 Å². The summed E-state index contributed by atoms with van der Waals surface area (Å²) in [5.74, 6) is 0.132. The lowest BCUT2D eigenvalue weighted by atomic mass is 10.1. The van der Waals surface area contributed by atoms with Crippen LogP contribution in [0.15, 0.2) is 30.5 Å². The number of likely N-dealkylation sites (N-methyl/N-ethyl adjacent to an activating group) is 1. The van der Waals surface area contributed by atoms with Crippen molar-refractivity contribution in [3.8, 4) is 0 Å². The fourth-order valence-corrected chi connectivity index (χ4v) is 3.97. The molecule has 6 heteroatoms. The third kappa shape index (κ3) is 4.33. The van der Waals surface area contributed by atoms with Gasteiger partial charge in [0.15, 0.2) is 0 Å². The Labute approximate surface area is 160 Å². The molecule has 0 aliphatic carbocycles. The van der Waals surface area contributed by atoms with Crippen molar-refractivity contribution in [2.45, 2.75) is 45.2 Å². The Kier molecular flexibility index (Phi) is 6.16. The first-order valence-electron chi connectivity index (χ1n) is 9.81. The summed E-state index contributed by atoms with van der Waals surface area (Å²) in [7, 11) is 1.66. The lowest BCUT2D eigenvalue weighted by molar-refractivity contribution is -0.139. The average Bonchev–Trinajstić information content (AvgIpc) is 3.10. The number of fused-ring (bicyclic) bond motifs is 1. The van der Waals surface area contributed by atoms with Crippen molar-refractivity contribution >= 4 is 22.7 Å². The molecule has 1 atom stereocenters. The number of benzene rings is 1. The molecule has 0 spiro atoms. The summed E-state index contributed by atoms with van der Waals surface area (Å²) in [6, 6.07) is 8.26. The zero-order valence-electron chi connectivity index (χ0n) is 16.5. The average molecular weight is 370 g/mol. The van der Waals surface area contributed by atoms with Gasteiger partial charge in [0.25, 0.3) is 0 Å². The van der Waals surface area contributed by atoms with Crippen molar-refractivity contribution in [2.24, 2.45) is 0 Å². The number of nitrogens with zero attached hydrogens (tertiary/aromatic N) is 2. The van der Waals surface area contributed by atoms with E-state index in [9.17, 15) is 9.59 Å². The number of aromatic nitrogens is 1. The van der Waals surface area contributed by atoms with E-state index in [4.69, 9.17) is 0 Å². The summed E-state index contributed by atoms with van der Waals surface area (Å²) in [6.07, 6.45) is 4.25. The van der Waals surface area contributed by atoms with Crippen LogP contribution in [0.25, 0.3) is 10.9 Å². The fraction of sp³-hybridized carbons (Fsp3) is 0.524. The highest BCUT2D eigenvalue weighted by Gasteiger charge is 2.34. The quantitative estimate of drug-likeness (QED) is 0.819. The van der Waals surface area contributed by atoms with E-state index in [0.717, 1.165) is 24.9 Å². The van der Waals surface area contributed by atoms with Crippen LogP contribution in [0.5, 0.6) is 0 Å². The maximum atomic E-state index is 12.7. The van der Waals surface area contributed by atoms with E-state index < -0.39 is 0 Å². The van der Waals surface area contributed by atoms with Crippen LogP contribution in [0.3, 0.4) is 0 Å². The molecule has 1 saturated heterocycles. The number of nitrogens with one attached hydrogen (secondary N) is 2. The van der Waals surface area contributed by atoms with E-state index in [0.29, 0.717) is 19.5 Å². The van der Waals surface area contributed by atoms with Crippen molar-refractivity contribution in [1.82, 2.24) is 20.1 Å². The van der Waals surface area contributed by atoms with Crippen molar-refractivity contribution in [2.75, 3.05) is 26.7 Å². The van der Waals surface area contributed by atoms with Crippen LogP contribution >= 0.6 is 0 Å². The van der Waals surface area contributed by atoms with Gasteiger partial charge in [-0.05, 0) is 38.3 Å². The number of piperazine rings is 1. The van der Waals surface area contributed by atoms with Crippen LogP contribution in [0.1, 0.15) is 32.3 Å². The van der Waals surface area contributed by atoms with E-state index in [1.807, 2.05) is 23.2 Å². The fourth-order valence-electron chi connectivity index (χ4n) is 3.97. The Morgan fingerprint density at radius 2 is 2.04 bits per heavy atom. The number of H-pyrrole nitrogens is 1. The van der Waals surface area contributed by atoms with Crippen molar-refractivity contribution in [3.63, 3.8) is 0 Å². The normalized spacial score (nSPS) is 18.2. The van der Waals surface area contributed by atoms with Crippen LogP contribution in [0.4, 0.5) is 0 Å². The minimum atomic E-state index is -0.263. The first kappa shape index (κ1) is 19.4. The molecule has 1 aromatic heterocycles. The second kappa shape index (κ2) is 8.57. The van der Waals surface area contributed by atoms with E-state index in [1.54, 1.807) is 7.05 Å². The first-order chi connectivity index (χ1) is 13.0. The van der Waals surface area contributed by atoms with Crippen LogP contribution in [-0.4, -0.2) is 65.4 Å². The molecule has 0 radical (unpaired) electrons. The Balaban J connectivity index is 1.55. The highest BCUT2D eigenvalue weighted by Crippen LogP contribution is 2.20. The van der Waals surface area contributed by atoms with Gasteiger partial charge in [-0.1, -0.05) is 18.2 Å². The molecule has 0 bridgehead atoms. The summed E-state index contributed by atoms with van der Waals surface area (Å²) >= 11 is 0. The van der Waals surface area contributed by atoms with Crippen molar-refractivity contribution in [1.29, 1.82) is 0 Å². The molecule has 27 heavy (non-hydrogen) atoms. The van der Waals surface area contributed by atoms with Gasteiger partial charge in [0, 0.05) is 56.2 Å². The number of carbonyl (C=O) groups is 2. The third-order valence-corrected chi connectivity index (χ3v) is 5.50. The predicted octanol–water partition coefficient (Wildman–Crippen LogP) is 2.16. The molecule has 0 saturated carbocycles. The van der Waals surface area contributed by atoms with Gasteiger partial charge in [-0.3, -0.25) is 14.5 Å². The van der Waals surface area contributed by atoms with Gasteiger partial charge in [-0.15, -0.1) is 0 Å². The smallest absolute Gasteiger partial charge is 0.238 e. The first-order valence-corrected chi connectivity index (χ1v) is 9.81. The minimum absolute atomic E-state index is 0.0139. The van der Waals surface area contributed by atoms with Crippen molar-refractivity contribution in [3.05, 3.63) is 36.0 Å². The number of hydrogen-bond donors (Lipinski definition) is 2. The molecule has 1 aliphatic rings. The molecule has 1 aliphatic heterocycles. The summed E-state index contributed by atoms with van der Waals surface area (Å²) in [4.78, 5) is 32.3. The highest BCUT2D eigenvalue weighted by molar-refractivity contribution is 5.84. The number of hydrogen-bond acceptors (Lipinski definition) is 3. The molecule has 2 amide bonds. The van der Waals surface area contributed by atoms with Crippen LogP contribution in [0, 0.1) is 0 Å². The molecular weight excluding hydrogens is 340 g/mol. The Bertz CT molecular complexity index is 798. The van der Waals surface area contributed by atoms with Gasteiger partial charge in [0.2, 0.25) is 11.8 Å². The maximum Gasteiger partial charge on any atom is 0.238 e. The van der Waals surface area contributed by atoms with Gasteiger partial charge < -0.3 is 15.2 Å². The predicted molar refractivity (Wildman–Crippen MR) is 108 cm³/mol. The second-order valence-corrected chi connectivity index (χ2v) is 7.51. The van der Waals surface area contributed by atoms with Gasteiger partial charge in [-0.25, -0.2) is 0 Å². The second-order valence-electron chi connectivity index (χ2n) is 7.51. The summed E-state index contributed by atoms with van der Waals surface area (Å²) in [5, 5.41) is 3.97. The number of aromatic amines is 1. The Hall–Kier alpha value is -2.34. The molecule has 1 unspecified atom stereocenters. The standard InChI is InChI=1S/C21H30N4O2/c1-15(2)25-12-11-24(14-19(25)21(27)22-3)20(26)10-6-7-16-13-23-18-9-5-4-8-17(16)18/h4-5,8-9,13,15,19,23H,6-7,10-12,14H2,1-3H3,(H,22,27). The SMILES string of the molecule is CNC(=O)C1CN(C(=O)CCCc2c[nH]c3ccccc23)CCN1C(C)C. The molecule has 3 rings (SSSR count). The number of aryl methyl sites for hydroxylation is 1. The topological polar surface area (TPSA) is 68.4 Å². The molecule has 1 aromatic carbocycles. The lowest BCUT2D eigenvalue weighted by Gasteiger charge is -2.42. The van der Waals surface area contributed by atoms with Gasteiger partial charge in [0.05, 0.1) is 0 Å².